The van der Waals surface area contributed by atoms with Gasteiger partial charge in [0.2, 0.25) is 0 Å². The highest BCUT2D eigenvalue weighted by Gasteiger charge is 2.17. The van der Waals surface area contributed by atoms with Gasteiger partial charge in [-0.15, -0.1) is 0 Å². The number of rotatable bonds is 9. The highest BCUT2D eigenvalue weighted by atomic mass is 16.5. The van der Waals surface area contributed by atoms with Crippen LogP contribution in [0.1, 0.15) is 18.5 Å². The molecule has 2 unspecified atom stereocenters. The Morgan fingerprint density at radius 3 is 2.40 bits per heavy atom. The van der Waals surface area contributed by atoms with Crippen LogP contribution in [0.2, 0.25) is 0 Å². The van der Waals surface area contributed by atoms with Gasteiger partial charge in [-0.05, 0) is 32.2 Å². The second kappa shape index (κ2) is 8.79. The molecule has 0 aliphatic carbocycles. The van der Waals surface area contributed by atoms with Gasteiger partial charge in [0.25, 0.3) is 0 Å². The summed E-state index contributed by atoms with van der Waals surface area (Å²) in [5, 5.41) is 3.24. The molecule has 0 aliphatic heterocycles. The number of ether oxygens (including phenoxy) is 4. The largest absolute Gasteiger partial charge is 0.497 e. The second-order valence-electron chi connectivity index (χ2n) is 4.55. The molecule has 0 amide bonds. The highest BCUT2D eigenvalue weighted by molar-refractivity contribution is 5.42. The monoisotopic (exact) mass is 283 g/mol. The quantitative estimate of drug-likeness (QED) is 0.751. The summed E-state index contributed by atoms with van der Waals surface area (Å²) in [6, 6.07) is 5.77. The molecule has 1 N–H and O–H groups in total. The molecule has 20 heavy (non-hydrogen) atoms. The lowest BCUT2D eigenvalue weighted by atomic mass is 10.1. The van der Waals surface area contributed by atoms with Crippen molar-refractivity contribution in [2.24, 2.45) is 0 Å². The number of benzene rings is 1. The van der Waals surface area contributed by atoms with Crippen LogP contribution in [0.4, 0.5) is 0 Å². The molecule has 0 heterocycles. The minimum absolute atomic E-state index is 0.0272. The molecule has 5 nitrogen and oxygen atoms in total. The molecule has 0 fully saturated rings. The molecule has 1 aromatic rings. The number of hydrogen-bond donors (Lipinski definition) is 1. The van der Waals surface area contributed by atoms with E-state index in [9.17, 15) is 0 Å². The minimum atomic E-state index is 0.0272. The van der Waals surface area contributed by atoms with Crippen molar-refractivity contribution in [1.82, 2.24) is 5.32 Å². The predicted octanol–water partition coefficient (Wildman–Crippen LogP) is 2.02. The van der Waals surface area contributed by atoms with E-state index in [2.05, 4.69) is 5.32 Å². The second-order valence-corrected chi connectivity index (χ2v) is 4.55. The van der Waals surface area contributed by atoms with Crippen LogP contribution in [0.25, 0.3) is 0 Å². The summed E-state index contributed by atoms with van der Waals surface area (Å²) in [4.78, 5) is 0. The van der Waals surface area contributed by atoms with Crippen LogP contribution in [0, 0.1) is 0 Å². The van der Waals surface area contributed by atoms with Gasteiger partial charge in [-0.3, -0.25) is 0 Å². The molecule has 114 valence electrons. The average Bonchev–Trinajstić information content (AvgIpc) is 2.48. The zero-order valence-electron chi connectivity index (χ0n) is 12.9. The third-order valence-corrected chi connectivity index (χ3v) is 3.11. The molecule has 0 aliphatic rings. The van der Waals surface area contributed by atoms with Gasteiger partial charge in [0.05, 0.1) is 39.6 Å². The standard InChI is InChI=1S/C15H25NO4/c1-11(9-17-3)20-10-14(16-2)13-8-12(18-4)6-7-15(13)19-5/h6-8,11,14,16H,9-10H2,1-5H3. The predicted molar refractivity (Wildman–Crippen MR) is 78.6 cm³/mol. The van der Waals surface area contributed by atoms with E-state index in [1.54, 1.807) is 21.3 Å². The van der Waals surface area contributed by atoms with Gasteiger partial charge < -0.3 is 24.3 Å². The van der Waals surface area contributed by atoms with Crippen molar-refractivity contribution in [2.45, 2.75) is 19.1 Å². The van der Waals surface area contributed by atoms with Crippen molar-refractivity contribution < 1.29 is 18.9 Å². The molecule has 0 saturated heterocycles. The third kappa shape index (κ3) is 4.67. The Kier molecular flexibility index (Phi) is 7.36. The summed E-state index contributed by atoms with van der Waals surface area (Å²) in [5.74, 6) is 1.61. The van der Waals surface area contributed by atoms with Gasteiger partial charge in [-0.25, -0.2) is 0 Å². The maximum Gasteiger partial charge on any atom is 0.123 e. The van der Waals surface area contributed by atoms with E-state index in [1.807, 2.05) is 32.2 Å². The Morgan fingerprint density at radius 2 is 1.85 bits per heavy atom. The first-order chi connectivity index (χ1) is 9.65. The molecular formula is C15H25NO4. The summed E-state index contributed by atoms with van der Waals surface area (Å²) >= 11 is 0. The van der Waals surface area contributed by atoms with Crippen molar-refractivity contribution >= 4 is 0 Å². The molecule has 0 radical (unpaired) electrons. The normalized spacial score (nSPS) is 13.8. The van der Waals surface area contributed by atoms with E-state index >= 15 is 0 Å². The van der Waals surface area contributed by atoms with Gasteiger partial charge in [-0.2, -0.15) is 0 Å². The van der Waals surface area contributed by atoms with E-state index in [1.165, 1.54) is 0 Å². The molecule has 2 atom stereocenters. The van der Waals surface area contributed by atoms with Gasteiger partial charge in [0, 0.05) is 12.7 Å². The van der Waals surface area contributed by atoms with Crippen LogP contribution in [0.3, 0.4) is 0 Å². The van der Waals surface area contributed by atoms with Crippen molar-refractivity contribution in [1.29, 1.82) is 0 Å². The zero-order valence-corrected chi connectivity index (χ0v) is 12.9. The fraction of sp³-hybridized carbons (Fsp3) is 0.600. The van der Waals surface area contributed by atoms with Crippen molar-refractivity contribution in [3.05, 3.63) is 23.8 Å². The van der Waals surface area contributed by atoms with Gasteiger partial charge >= 0.3 is 0 Å². The topological polar surface area (TPSA) is 49.0 Å². The van der Waals surface area contributed by atoms with Crippen LogP contribution >= 0.6 is 0 Å². The smallest absolute Gasteiger partial charge is 0.123 e. The van der Waals surface area contributed by atoms with E-state index < -0.39 is 0 Å². The summed E-state index contributed by atoms with van der Waals surface area (Å²) < 4.78 is 21.5. The number of hydrogen-bond acceptors (Lipinski definition) is 5. The third-order valence-electron chi connectivity index (χ3n) is 3.11. The van der Waals surface area contributed by atoms with Crippen LogP contribution in [0.15, 0.2) is 18.2 Å². The lowest BCUT2D eigenvalue weighted by Crippen LogP contribution is -2.26. The summed E-state index contributed by atoms with van der Waals surface area (Å²) in [6.07, 6.45) is 0.0486. The maximum atomic E-state index is 5.78. The van der Waals surface area contributed by atoms with E-state index in [0.717, 1.165) is 17.1 Å². The molecule has 1 aromatic carbocycles. The Balaban J connectivity index is 2.82. The van der Waals surface area contributed by atoms with Crippen LogP contribution in [-0.4, -0.2) is 47.7 Å². The maximum absolute atomic E-state index is 5.78. The van der Waals surface area contributed by atoms with E-state index in [0.29, 0.717) is 13.2 Å². The first-order valence-electron chi connectivity index (χ1n) is 6.66. The molecule has 0 saturated carbocycles. The van der Waals surface area contributed by atoms with Crippen LogP contribution in [-0.2, 0) is 9.47 Å². The van der Waals surface area contributed by atoms with E-state index in [4.69, 9.17) is 18.9 Å². The zero-order chi connectivity index (χ0) is 15.0. The van der Waals surface area contributed by atoms with Gasteiger partial charge in [-0.1, -0.05) is 0 Å². The Morgan fingerprint density at radius 1 is 1.10 bits per heavy atom. The Hall–Kier alpha value is -1.30. The number of likely N-dealkylation sites (N-methyl/N-ethyl adjacent to an activating group) is 1. The molecule has 5 heteroatoms. The van der Waals surface area contributed by atoms with Crippen molar-refractivity contribution in [3.63, 3.8) is 0 Å². The summed E-state index contributed by atoms with van der Waals surface area (Å²) in [7, 11) is 6.87. The SMILES string of the molecule is CNC(COC(C)COC)c1cc(OC)ccc1OC. The van der Waals surface area contributed by atoms with Crippen LogP contribution in [0.5, 0.6) is 11.5 Å². The number of methoxy groups -OCH3 is 3. The van der Waals surface area contributed by atoms with Gasteiger partial charge in [0.1, 0.15) is 11.5 Å². The van der Waals surface area contributed by atoms with Gasteiger partial charge in [0.15, 0.2) is 0 Å². The summed E-state index contributed by atoms with van der Waals surface area (Å²) in [5.41, 5.74) is 1.01. The fourth-order valence-electron chi connectivity index (χ4n) is 1.98. The molecular weight excluding hydrogens is 258 g/mol. The number of nitrogens with one attached hydrogen (secondary N) is 1. The van der Waals surface area contributed by atoms with Crippen LogP contribution < -0.4 is 14.8 Å². The average molecular weight is 283 g/mol. The first kappa shape index (κ1) is 16.8. The van der Waals surface area contributed by atoms with E-state index in [-0.39, 0.29) is 12.1 Å². The molecule has 1 rings (SSSR count). The Labute approximate surface area is 121 Å². The highest BCUT2D eigenvalue weighted by Crippen LogP contribution is 2.29. The Bertz CT molecular complexity index is 397. The molecule has 0 spiro atoms. The lowest BCUT2D eigenvalue weighted by Gasteiger charge is -2.22. The van der Waals surface area contributed by atoms with Crippen molar-refractivity contribution in [2.75, 3.05) is 41.6 Å². The molecule has 0 bridgehead atoms. The fourth-order valence-corrected chi connectivity index (χ4v) is 1.98. The lowest BCUT2D eigenvalue weighted by molar-refractivity contribution is -0.0000141. The van der Waals surface area contributed by atoms with Crippen molar-refractivity contribution in [3.8, 4) is 11.5 Å². The minimum Gasteiger partial charge on any atom is -0.497 e. The summed E-state index contributed by atoms with van der Waals surface area (Å²) in [6.45, 7) is 3.09. The first-order valence-corrected chi connectivity index (χ1v) is 6.66. The molecule has 0 aromatic heterocycles.